The monoisotopic (exact) mass is 350 g/mol. The van der Waals surface area contributed by atoms with Crippen LogP contribution in [-0.2, 0) is 12.6 Å². The van der Waals surface area contributed by atoms with Crippen LogP contribution >= 0.6 is 11.8 Å². The number of alkyl halides is 3. The van der Waals surface area contributed by atoms with Crippen LogP contribution in [0.1, 0.15) is 11.5 Å². The summed E-state index contributed by atoms with van der Waals surface area (Å²) in [5, 5.41) is 3.37. The molecule has 0 atom stereocenters. The molecular formula is C17H13F3N2OS. The normalized spacial score (nSPS) is 11.6. The SMILES string of the molecule is FC(F)(F)c1nc(-c2ccc(SCCc3ccccc3)cc2)no1. The molecule has 0 saturated carbocycles. The van der Waals surface area contributed by atoms with Gasteiger partial charge in [0.25, 0.3) is 0 Å². The minimum Gasteiger partial charge on any atom is -0.329 e. The van der Waals surface area contributed by atoms with Gasteiger partial charge in [-0.1, -0.05) is 35.5 Å². The van der Waals surface area contributed by atoms with Gasteiger partial charge in [0.1, 0.15) is 0 Å². The summed E-state index contributed by atoms with van der Waals surface area (Å²) in [6.07, 6.45) is -3.68. The van der Waals surface area contributed by atoms with Gasteiger partial charge in [-0.15, -0.1) is 11.8 Å². The molecule has 7 heteroatoms. The van der Waals surface area contributed by atoms with Gasteiger partial charge in [-0.25, -0.2) is 0 Å². The van der Waals surface area contributed by atoms with E-state index in [-0.39, 0.29) is 5.82 Å². The van der Waals surface area contributed by atoms with Crippen molar-refractivity contribution in [3.8, 4) is 11.4 Å². The van der Waals surface area contributed by atoms with Gasteiger partial charge in [0.15, 0.2) is 0 Å². The summed E-state index contributed by atoms with van der Waals surface area (Å²) >= 11 is 1.68. The van der Waals surface area contributed by atoms with Crippen LogP contribution in [-0.4, -0.2) is 15.9 Å². The summed E-state index contributed by atoms with van der Waals surface area (Å²) in [5.41, 5.74) is 1.76. The Kier molecular flexibility index (Phi) is 4.89. The molecule has 124 valence electrons. The lowest BCUT2D eigenvalue weighted by Crippen LogP contribution is -2.04. The molecule has 1 aromatic heterocycles. The Morgan fingerprint density at radius 2 is 1.67 bits per heavy atom. The van der Waals surface area contributed by atoms with Gasteiger partial charge in [0, 0.05) is 16.2 Å². The summed E-state index contributed by atoms with van der Waals surface area (Å²) in [5.74, 6) is -0.481. The van der Waals surface area contributed by atoms with Crippen molar-refractivity contribution in [3.05, 3.63) is 66.1 Å². The van der Waals surface area contributed by atoms with Gasteiger partial charge in [-0.3, -0.25) is 0 Å². The lowest BCUT2D eigenvalue weighted by Gasteiger charge is -2.03. The first-order chi connectivity index (χ1) is 11.5. The molecule has 0 saturated heterocycles. The smallest absolute Gasteiger partial charge is 0.329 e. The lowest BCUT2D eigenvalue weighted by molar-refractivity contribution is -0.159. The number of halogens is 3. The summed E-state index contributed by atoms with van der Waals surface area (Å²) in [4.78, 5) is 4.41. The fraction of sp³-hybridized carbons (Fsp3) is 0.176. The second-order valence-corrected chi connectivity index (χ2v) is 6.20. The van der Waals surface area contributed by atoms with Gasteiger partial charge in [-0.05, 0) is 36.2 Å². The molecule has 3 rings (SSSR count). The van der Waals surface area contributed by atoms with E-state index >= 15 is 0 Å². The second-order valence-electron chi connectivity index (χ2n) is 5.03. The molecule has 3 nitrogen and oxygen atoms in total. The first-order valence-electron chi connectivity index (χ1n) is 7.20. The van der Waals surface area contributed by atoms with E-state index in [1.807, 2.05) is 30.3 Å². The van der Waals surface area contributed by atoms with Crippen LogP contribution in [0.4, 0.5) is 13.2 Å². The molecule has 0 aliphatic rings. The zero-order chi connectivity index (χ0) is 17.0. The maximum absolute atomic E-state index is 12.5. The van der Waals surface area contributed by atoms with Crippen molar-refractivity contribution in [2.24, 2.45) is 0 Å². The molecule has 24 heavy (non-hydrogen) atoms. The average molecular weight is 350 g/mol. The lowest BCUT2D eigenvalue weighted by atomic mass is 10.2. The number of aryl methyl sites for hydroxylation is 1. The van der Waals surface area contributed by atoms with E-state index in [4.69, 9.17) is 0 Å². The third kappa shape index (κ3) is 4.17. The minimum atomic E-state index is -4.63. The van der Waals surface area contributed by atoms with Crippen LogP contribution in [0.2, 0.25) is 0 Å². The number of thioether (sulfide) groups is 1. The van der Waals surface area contributed by atoms with Crippen molar-refractivity contribution >= 4 is 11.8 Å². The molecule has 3 aromatic rings. The van der Waals surface area contributed by atoms with Crippen LogP contribution in [0.3, 0.4) is 0 Å². The highest BCUT2D eigenvalue weighted by atomic mass is 32.2. The number of aromatic nitrogens is 2. The molecule has 0 spiro atoms. The quantitative estimate of drug-likeness (QED) is 0.601. The Bertz CT molecular complexity index is 786. The van der Waals surface area contributed by atoms with E-state index in [2.05, 4.69) is 26.8 Å². The molecular weight excluding hydrogens is 337 g/mol. The predicted octanol–water partition coefficient (Wildman–Crippen LogP) is 5.09. The van der Waals surface area contributed by atoms with Gasteiger partial charge in [-0.2, -0.15) is 18.2 Å². The fourth-order valence-corrected chi connectivity index (χ4v) is 2.99. The number of hydrogen-bond acceptors (Lipinski definition) is 4. The summed E-state index contributed by atoms with van der Waals surface area (Å²) in [7, 11) is 0. The summed E-state index contributed by atoms with van der Waals surface area (Å²) in [6, 6.07) is 17.2. The Balaban J connectivity index is 1.60. The van der Waals surface area contributed by atoms with Crippen molar-refractivity contribution in [1.29, 1.82) is 0 Å². The van der Waals surface area contributed by atoms with Gasteiger partial charge in [0.05, 0.1) is 0 Å². The average Bonchev–Trinajstić information content (AvgIpc) is 3.07. The zero-order valence-corrected chi connectivity index (χ0v) is 13.3. The highest BCUT2D eigenvalue weighted by Gasteiger charge is 2.38. The molecule has 0 aliphatic carbocycles. The number of nitrogens with zero attached hydrogens (tertiary/aromatic N) is 2. The third-order valence-corrected chi connectivity index (χ3v) is 4.30. The maximum Gasteiger partial charge on any atom is 0.471 e. The highest BCUT2D eigenvalue weighted by molar-refractivity contribution is 7.99. The number of benzene rings is 2. The van der Waals surface area contributed by atoms with Gasteiger partial charge in [0.2, 0.25) is 5.82 Å². The molecule has 2 aromatic carbocycles. The van der Waals surface area contributed by atoms with Crippen molar-refractivity contribution in [1.82, 2.24) is 10.1 Å². The fourth-order valence-electron chi connectivity index (χ4n) is 2.09. The third-order valence-electron chi connectivity index (χ3n) is 3.28. The molecule has 0 amide bonds. The maximum atomic E-state index is 12.5. The molecule has 0 fully saturated rings. The van der Waals surface area contributed by atoms with Gasteiger partial charge < -0.3 is 4.52 Å². The standard InChI is InChI=1S/C17H13F3N2OS/c18-17(19,20)16-21-15(22-23-16)13-6-8-14(9-7-13)24-11-10-12-4-2-1-3-5-12/h1-9H,10-11H2. The van der Waals surface area contributed by atoms with Crippen LogP contribution in [0.15, 0.2) is 64.0 Å². The Morgan fingerprint density at radius 1 is 0.958 bits per heavy atom. The van der Waals surface area contributed by atoms with Crippen molar-refractivity contribution in [2.75, 3.05) is 5.75 Å². The van der Waals surface area contributed by atoms with Crippen molar-refractivity contribution in [3.63, 3.8) is 0 Å². The molecule has 0 aliphatic heterocycles. The Hall–Kier alpha value is -2.28. The van der Waals surface area contributed by atoms with Crippen LogP contribution < -0.4 is 0 Å². The van der Waals surface area contributed by atoms with E-state index in [1.54, 1.807) is 23.9 Å². The topological polar surface area (TPSA) is 38.9 Å². The molecule has 0 N–H and O–H groups in total. The Labute approximate surface area is 140 Å². The van der Waals surface area contributed by atoms with E-state index in [1.165, 1.54) is 5.56 Å². The van der Waals surface area contributed by atoms with Crippen LogP contribution in [0, 0.1) is 0 Å². The van der Waals surface area contributed by atoms with E-state index in [0.717, 1.165) is 17.1 Å². The van der Waals surface area contributed by atoms with Crippen molar-refractivity contribution in [2.45, 2.75) is 17.5 Å². The first kappa shape index (κ1) is 16.6. The van der Waals surface area contributed by atoms with E-state index < -0.39 is 12.1 Å². The number of hydrogen-bond donors (Lipinski definition) is 0. The van der Waals surface area contributed by atoms with Gasteiger partial charge >= 0.3 is 12.1 Å². The zero-order valence-electron chi connectivity index (χ0n) is 12.5. The van der Waals surface area contributed by atoms with E-state index in [0.29, 0.717) is 5.56 Å². The largest absolute Gasteiger partial charge is 0.471 e. The summed E-state index contributed by atoms with van der Waals surface area (Å²) in [6.45, 7) is 0. The predicted molar refractivity (Wildman–Crippen MR) is 85.6 cm³/mol. The minimum absolute atomic E-state index is 0.0665. The van der Waals surface area contributed by atoms with Crippen LogP contribution in [0.5, 0.6) is 0 Å². The van der Waals surface area contributed by atoms with Crippen LogP contribution in [0.25, 0.3) is 11.4 Å². The molecule has 0 bridgehead atoms. The molecule has 0 radical (unpaired) electrons. The Morgan fingerprint density at radius 3 is 2.29 bits per heavy atom. The first-order valence-corrected chi connectivity index (χ1v) is 8.19. The molecule has 0 unspecified atom stereocenters. The second kappa shape index (κ2) is 7.09. The number of rotatable bonds is 5. The molecule has 1 heterocycles. The van der Waals surface area contributed by atoms with Crippen molar-refractivity contribution < 1.29 is 17.7 Å². The highest BCUT2D eigenvalue weighted by Crippen LogP contribution is 2.30. The van der Waals surface area contributed by atoms with E-state index in [9.17, 15) is 13.2 Å². The summed E-state index contributed by atoms with van der Waals surface area (Å²) < 4.78 is 41.6.